The Morgan fingerprint density at radius 2 is 2.10 bits per heavy atom. The van der Waals surface area contributed by atoms with Crippen molar-refractivity contribution in [1.29, 1.82) is 0 Å². The van der Waals surface area contributed by atoms with Crippen molar-refractivity contribution in [3.8, 4) is 0 Å². The van der Waals surface area contributed by atoms with Crippen LogP contribution in [0, 0.1) is 0 Å². The Labute approximate surface area is 125 Å². The first-order valence-corrected chi connectivity index (χ1v) is 8.50. The molecule has 1 saturated carbocycles. The van der Waals surface area contributed by atoms with Gasteiger partial charge in [0.25, 0.3) is 0 Å². The molecule has 1 fully saturated rings. The maximum atomic E-state index is 11.9. The lowest BCUT2D eigenvalue weighted by molar-refractivity contribution is -0.120. The van der Waals surface area contributed by atoms with Crippen LogP contribution in [0.2, 0.25) is 0 Å². The minimum absolute atomic E-state index is 0.0843. The van der Waals surface area contributed by atoms with Crippen molar-refractivity contribution in [2.24, 2.45) is 0 Å². The Balaban J connectivity index is 1.67. The molecule has 2 rings (SSSR count). The van der Waals surface area contributed by atoms with E-state index >= 15 is 0 Å². The van der Waals surface area contributed by atoms with Crippen LogP contribution in [-0.4, -0.2) is 29.5 Å². The van der Waals surface area contributed by atoms with Gasteiger partial charge in [0.15, 0.2) is 0 Å². The smallest absolute Gasteiger partial charge is 0.234 e. The van der Waals surface area contributed by atoms with E-state index < -0.39 is 0 Å². The Morgan fingerprint density at radius 3 is 2.85 bits per heavy atom. The highest BCUT2D eigenvalue weighted by Crippen LogP contribution is 2.29. The molecule has 1 aromatic carbocycles. The minimum Gasteiger partial charge on any atom is -0.351 e. The Hall–Kier alpha value is -1.00. The topological polar surface area (TPSA) is 41.1 Å². The van der Waals surface area contributed by atoms with Gasteiger partial charge >= 0.3 is 0 Å². The zero-order valence-electron chi connectivity index (χ0n) is 12.1. The highest BCUT2D eigenvalue weighted by atomic mass is 32.2. The number of nitrogens with one attached hydrogen (secondary N) is 2. The van der Waals surface area contributed by atoms with Crippen LogP contribution in [0.5, 0.6) is 0 Å². The number of hydrogen-bond donors (Lipinski definition) is 2. The molecular weight excluding hydrogens is 268 g/mol. The van der Waals surface area contributed by atoms with Gasteiger partial charge in [0.05, 0.1) is 6.54 Å². The summed E-state index contributed by atoms with van der Waals surface area (Å²) in [6.45, 7) is 3.24. The van der Waals surface area contributed by atoms with Crippen LogP contribution in [0.3, 0.4) is 0 Å². The van der Waals surface area contributed by atoms with Gasteiger partial charge in [0, 0.05) is 17.8 Å². The van der Waals surface area contributed by atoms with E-state index in [9.17, 15) is 4.79 Å². The average molecular weight is 292 g/mol. The van der Waals surface area contributed by atoms with Gasteiger partial charge in [0.2, 0.25) is 5.91 Å². The molecule has 0 saturated heterocycles. The zero-order chi connectivity index (χ0) is 14.2. The summed E-state index contributed by atoms with van der Waals surface area (Å²) in [6.07, 6.45) is 3.76. The number of carbonyl (C=O) groups excluding carboxylic acids is 1. The van der Waals surface area contributed by atoms with E-state index in [4.69, 9.17) is 0 Å². The quantitative estimate of drug-likeness (QED) is 0.811. The van der Waals surface area contributed by atoms with Crippen LogP contribution in [0.4, 0.5) is 0 Å². The molecule has 1 amide bonds. The normalized spacial score (nSPS) is 21.9. The molecule has 3 nitrogen and oxygen atoms in total. The Bertz CT molecular complexity index is 410. The predicted octanol–water partition coefficient (Wildman–Crippen LogP) is 2.57. The second kappa shape index (κ2) is 8.32. The van der Waals surface area contributed by atoms with Crippen molar-refractivity contribution in [2.45, 2.75) is 44.0 Å². The van der Waals surface area contributed by atoms with Crippen molar-refractivity contribution in [2.75, 3.05) is 12.3 Å². The van der Waals surface area contributed by atoms with Crippen molar-refractivity contribution >= 4 is 17.7 Å². The SMILES string of the molecule is CCS[C@@H]1CCC[C@@H]1NCC(=O)NCc1ccccc1. The molecule has 0 bridgehead atoms. The molecular formula is C16H24N2OS. The van der Waals surface area contributed by atoms with Crippen LogP contribution in [0.15, 0.2) is 30.3 Å². The van der Waals surface area contributed by atoms with Gasteiger partial charge in [-0.1, -0.05) is 43.7 Å². The van der Waals surface area contributed by atoms with Crippen LogP contribution in [0.25, 0.3) is 0 Å². The Morgan fingerprint density at radius 1 is 1.30 bits per heavy atom. The predicted molar refractivity (Wildman–Crippen MR) is 85.9 cm³/mol. The fourth-order valence-electron chi connectivity index (χ4n) is 2.66. The Kier molecular flexibility index (Phi) is 6.40. The monoisotopic (exact) mass is 292 g/mol. The molecule has 1 aromatic rings. The number of hydrogen-bond acceptors (Lipinski definition) is 3. The molecule has 0 unspecified atom stereocenters. The molecule has 0 spiro atoms. The van der Waals surface area contributed by atoms with Gasteiger partial charge in [-0.15, -0.1) is 0 Å². The van der Waals surface area contributed by atoms with Crippen LogP contribution in [-0.2, 0) is 11.3 Å². The molecule has 1 aliphatic carbocycles. The molecule has 0 heterocycles. The third kappa shape index (κ3) is 4.84. The number of amides is 1. The molecule has 0 aliphatic heterocycles. The molecule has 0 aromatic heterocycles. The first-order valence-electron chi connectivity index (χ1n) is 7.45. The first kappa shape index (κ1) is 15.4. The van der Waals surface area contributed by atoms with Gasteiger partial charge in [-0.3, -0.25) is 4.79 Å². The van der Waals surface area contributed by atoms with E-state index in [0.717, 1.165) is 11.3 Å². The maximum absolute atomic E-state index is 11.9. The van der Waals surface area contributed by atoms with Crippen molar-refractivity contribution in [3.63, 3.8) is 0 Å². The zero-order valence-corrected chi connectivity index (χ0v) is 12.9. The lowest BCUT2D eigenvalue weighted by Crippen LogP contribution is -2.41. The third-order valence-electron chi connectivity index (χ3n) is 3.69. The number of rotatable bonds is 7. The summed E-state index contributed by atoms with van der Waals surface area (Å²) in [5, 5.41) is 7.06. The number of benzene rings is 1. The van der Waals surface area contributed by atoms with E-state index in [2.05, 4.69) is 17.6 Å². The molecule has 4 heteroatoms. The summed E-state index contributed by atoms with van der Waals surface area (Å²) in [5.41, 5.74) is 1.14. The first-order chi connectivity index (χ1) is 9.79. The fourth-order valence-corrected chi connectivity index (χ4v) is 3.88. The summed E-state index contributed by atoms with van der Waals surface area (Å²) in [5.74, 6) is 1.24. The van der Waals surface area contributed by atoms with E-state index in [1.165, 1.54) is 19.3 Å². The van der Waals surface area contributed by atoms with Gasteiger partial charge in [-0.05, 0) is 24.2 Å². The van der Waals surface area contributed by atoms with Crippen LogP contribution < -0.4 is 10.6 Å². The number of carbonyl (C=O) groups is 1. The fraction of sp³-hybridized carbons (Fsp3) is 0.562. The van der Waals surface area contributed by atoms with Crippen LogP contribution >= 0.6 is 11.8 Å². The van der Waals surface area contributed by atoms with E-state index in [-0.39, 0.29) is 5.91 Å². The minimum atomic E-state index is 0.0843. The molecule has 110 valence electrons. The number of thioether (sulfide) groups is 1. The van der Waals surface area contributed by atoms with Crippen molar-refractivity contribution < 1.29 is 4.79 Å². The van der Waals surface area contributed by atoms with Gasteiger partial charge in [-0.2, -0.15) is 11.8 Å². The maximum Gasteiger partial charge on any atom is 0.234 e. The summed E-state index contributed by atoms with van der Waals surface area (Å²) in [6, 6.07) is 10.5. The standard InChI is InChI=1S/C16H24N2OS/c1-2-20-15-10-6-9-14(15)17-12-16(19)18-11-13-7-4-3-5-8-13/h3-5,7-8,14-15,17H,2,6,9-12H2,1H3,(H,18,19)/t14-,15+/m0/s1. The van der Waals surface area contributed by atoms with E-state index in [1.54, 1.807) is 0 Å². The lowest BCUT2D eigenvalue weighted by Gasteiger charge is -2.19. The summed E-state index contributed by atoms with van der Waals surface area (Å²) in [4.78, 5) is 11.9. The van der Waals surface area contributed by atoms with Gasteiger partial charge in [0.1, 0.15) is 0 Å². The molecule has 1 aliphatic rings. The van der Waals surface area contributed by atoms with E-state index in [0.29, 0.717) is 24.4 Å². The summed E-state index contributed by atoms with van der Waals surface area (Å²) in [7, 11) is 0. The lowest BCUT2D eigenvalue weighted by atomic mass is 10.2. The van der Waals surface area contributed by atoms with Gasteiger partial charge < -0.3 is 10.6 Å². The van der Waals surface area contributed by atoms with Gasteiger partial charge in [-0.25, -0.2) is 0 Å². The van der Waals surface area contributed by atoms with Crippen LogP contribution in [0.1, 0.15) is 31.7 Å². The second-order valence-electron chi connectivity index (χ2n) is 5.17. The third-order valence-corrected chi connectivity index (χ3v) is 5.02. The van der Waals surface area contributed by atoms with Crippen molar-refractivity contribution in [1.82, 2.24) is 10.6 Å². The highest BCUT2D eigenvalue weighted by Gasteiger charge is 2.26. The molecule has 0 radical (unpaired) electrons. The summed E-state index contributed by atoms with van der Waals surface area (Å²) < 4.78 is 0. The molecule has 2 N–H and O–H groups in total. The molecule has 20 heavy (non-hydrogen) atoms. The largest absolute Gasteiger partial charge is 0.351 e. The second-order valence-corrected chi connectivity index (χ2v) is 6.69. The molecule has 2 atom stereocenters. The van der Waals surface area contributed by atoms with E-state index in [1.807, 2.05) is 42.1 Å². The summed E-state index contributed by atoms with van der Waals surface area (Å²) >= 11 is 2.01. The average Bonchev–Trinajstić information content (AvgIpc) is 2.92. The van der Waals surface area contributed by atoms with Crippen molar-refractivity contribution in [3.05, 3.63) is 35.9 Å². The highest BCUT2D eigenvalue weighted by molar-refractivity contribution is 7.99.